The van der Waals surface area contributed by atoms with Crippen LogP contribution in [0, 0.1) is 13.8 Å². The Morgan fingerprint density at radius 3 is 2.25 bits per heavy atom. The van der Waals surface area contributed by atoms with Crippen molar-refractivity contribution < 1.29 is 9.90 Å². The van der Waals surface area contributed by atoms with E-state index >= 15 is 0 Å². The smallest absolute Gasteiger partial charge is 0.166 e. The SMILES string of the molecule is Cc1ccc(C(=O)CC(C)(O)c2ccccc2C)cc1. The van der Waals surface area contributed by atoms with Gasteiger partial charge in [-0.1, -0.05) is 54.1 Å². The molecule has 104 valence electrons. The van der Waals surface area contributed by atoms with Crippen LogP contribution in [0.15, 0.2) is 48.5 Å². The Bertz CT molecular complexity index is 610. The first-order chi connectivity index (χ1) is 9.40. The van der Waals surface area contributed by atoms with E-state index in [4.69, 9.17) is 0 Å². The minimum atomic E-state index is -1.15. The van der Waals surface area contributed by atoms with Crippen molar-refractivity contribution in [1.82, 2.24) is 0 Å². The zero-order valence-corrected chi connectivity index (χ0v) is 12.2. The number of aliphatic hydroxyl groups is 1. The van der Waals surface area contributed by atoms with Gasteiger partial charge in [0.05, 0.1) is 5.60 Å². The summed E-state index contributed by atoms with van der Waals surface area (Å²) < 4.78 is 0. The lowest BCUT2D eigenvalue weighted by Crippen LogP contribution is -2.26. The van der Waals surface area contributed by atoms with Gasteiger partial charge in [0.25, 0.3) is 0 Å². The van der Waals surface area contributed by atoms with Crippen molar-refractivity contribution in [1.29, 1.82) is 0 Å². The average Bonchev–Trinajstić information content (AvgIpc) is 2.39. The van der Waals surface area contributed by atoms with E-state index in [1.54, 1.807) is 6.92 Å². The molecule has 0 saturated heterocycles. The molecule has 20 heavy (non-hydrogen) atoms. The number of carbonyl (C=O) groups is 1. The molecular weight excluding hydrogens is 248 g/mol. The second-order valence-corrected chi connectivity index (χ2v) is 5.55. The summed E-state index contributed by atoms with van der Waals surface area (Å²) >= 11 is 0. The number of hydrogen-bond acceptors (Lipinski definition) is 2. The summed E-state index contributed by atoms with van der Waals surface area (Å²) in [6.07, 6.45) is 0.0842. The first-order valence-electron chi connectivity index (χ1n) is 6.78. The highest BCUT2D eigenvalue weighted by molar-refractivity contribution is 5.96. The molecule has 2 aromatic rings. The van der Waals surface area contributed by atoms with Gasteiger partial charge in [-0.05, 0) is 31.9 Å². The fourth-order valence-electron chi connectivity index (χ4n) is 2.43. The van der Waals surface area contributed by atoms with E-state index in [2.05, 4.69) is 0 Å². The summed E-state index contributed by atoms with van der Waals surface area (Å²) in [6.45, 7) is 5.62. The van der Waals surface area contributed by atoms with Crippen molar-refractivity contribution in [2.75, 3.05) is 0 Å². The normalized spacial score (nSPS) is 13.8. The highest BCUT2D eigenvalue weighted by Crippen LogP contribution is 2.28. The van der Waals surface area contributed by atoms with Crippen LogP contribution < -0.4 is 0 Å². The standard InChI is InChI=1S/C18H20O2/c1-13-8-10-15(11-9-13)17(19)12-18(3,20)16-7-5-4-6-14(16)2/h4-11,20H,12H2,1-3H3. The lowest BCUT2D eigenvalue weighted by Gasteiger charge is -2.25. The second kappa shape index (κ2) is 5.59. The summed E-state index contributed by atoms with van der Waals surface area (Å²) in [5.74, 6) is -0.0433. The topological polar surface area (TPSA) is 37.3 Å². The van der Waals surface area contributed by atoms with Crippen molar-refractivity contribution in [2.24, 2.45) is 0 Å². The second-order valence-electron chi connectivity index (χ2n) is 5.55. The molecule has 0 aliphatic rings. The molecule has 2 aromatic carbocycles. The van der Waals surface area contributed by atoms with Crippen LogP contribution in [0.4, 0.5) is 0 Å². The fourth-order valence-corrected chi connectivity index (χ4v) is 2.43. The lowest BCUT2D eigenvalue weighted by atomic mass is 9.86. The monoisotopic (exact) mass is 268 g/mol. The predicted molar refractivity (Wildman–Crippen MR) is 80.9 cm³/mol. The van der Waals surface area contributed by atoms with Crippen molar-refractivity contribution in [2.45, 2.75) is 32.8 Å². The largest absolute Gasteiger partial charge is 0.385 e. The van der Waals surface area contributed by atoms with Gasteiger partial charge in [0.2, 0.25) is 0 Å². The van der Waals surface area contributed by atoms with Crippen LogP contribution in [0.25, 0.3) is 0 Å². The molecule has 2 rings (SSSR count). The van der Waals surface area contributed by atoms with Crippen LogP contribution in [-0.4, -0.2) is 10.9 Å². The number of Topliss-reactive ketones (excluding diaryl/α,β-unsaturated/α-hetero) is 1. The molecule has 1 N–H and O–H groups in total. The molecule has 2 heteroatoms. The van der Waals surface area contributed by atoms with E-state index in [0.717, 1.165) is 16.7 Å². The van der Waals surface area contributed by atoms with Crippen LogP contribution in [0.5, 0.6) is 0 Å². The van der Waals surface area contributed by atoms with Crippen LogP contribution in [-0.2, 0) is 5.60 Å². The Kier molecular flexibility index (Phi) is 4.05. The zero-order chi connectivity index (χ0) is 14.8. The Labute approximate surface area is 120 Å². The van der Waals surface area contributed by atoms with E-state index in [9.17, 15) is 9.90 Å². The minimum Gasteiger partial charge on any atom is -0.385 e. The Morgan fingerprint density at radius 2 is 1.65 bits per heavy atom. The van der Waals surface area contributed by atoms with Crippen LogP contribution >= 0.6 is 0 Å². The summed E-state index contributed by atoms with van der Waals surface area (Å²) in [5, 5.41) is 10.6. The molecule has 1 atom stereocenters. The molecule has 1 unspecified atom stereocenters. The summed E-state index contributed by atoms with van der Waals surface area (Å²) in [4.78, 5) is 12.3. The number of aryl methyl sites for hydroxylation is 2. The summed E-state index contributed by atoms with van der Waals surface area (Å²) in [7, 11) is 0. The summed E-state index contributed by atoms with van der Waals surface area (Å²) in [5.41, 5.74) is 2.42. The number of carbonyl (C=O) groups excluding carboxylic acids is 1. The third-order valence-corrected chi connectivity index (χ3v) is 3.60. The Balaban J connectivity index is 2.22. The minimum absolute atomic E-state index is 0.0433. The molecule has 0 amide bonds. The van der Waals surface area contributed by atoms with Gasteiger partial charge >= 0.3 is 0 Å². The number of benzene rings is 2. The van der Waals surface area contributed by atoms with Gasteiger partial charge in [-0.3, -0.25) is 4.79 Å². The molecule has 0 aromatic heterocycles. The van der Waals surface area contributed by atoms with E-state index < -0.39 is 5.60 Å². The van der Waals surface area contributed by atoms with Crippen molar-refractivity contribution >= 4 is 5.78 Å². The van der Waals surface area contributed by atoms with Gasteiger partial charge in [-0.15, -0.1) is 0 Å². The Morgan fingerprint density at radius 1 is 1.05 bits per heavy atom. The molecule has 2 nitrogen and oxygen atoms in total. The van der Waals surface area contributed by atoms with Crippen LogP contribution in [0.1, 0.15) is 40.4 Å². The van der Waals surface area contributed by atoms with Gasteiger partial charge in [0.1, 0.15) is 0 Å². The Hall–Kier alpha value is -1.93. The molecular formula is C18H20O2. The van der Waals surface area contributed by atoms with Gasteiger partial charge in [0.15, 0.2) is 5.78 Å². The molecule has 0 saturated carbocycles. The first-order valence-corrected chi connectivity index (χ1v) is 6.78. The van der Waals surface area contributed by atoms with Gasteiger partial charge < -0.3 is 5.11 Å². The quantitative estimate of drug-likeness (QED) is 0.857. The average molecular weight is 268 g/mol. The van der Waals surface area contributed by atoms with Gasteiger partial charge in [0, 0.05) is 12.0 Å². The van der Waals surface area contributed by atoms with Crippen LogP contribution in [0.3, 0.4) is 0 Å². The van der Waals surface area contributed by atoms with Gasteiger partial charge in [-0.2, -0.15) is 0 Å². The van der Waals surface area contributed by atoms with E-state index in [1.807, 2.05) is 62.4 Å². The molecule has 0 fully saturated rings. The van der Waals surface area contributed by atoms with Gasteiger partial charge in [-0.25, -0.2) is 0 Å². The predicted octanol–water partition coefficient (Wildman–Crippen LogP) is 3.78. The number of ketones is 1. The fraction of sp³-hybridized carbons (Fsp3) is 0.278. The number of rotatable bonds is 4. The first kappa shape index (κ1) is 14.5. The zero-order valence-electron chi connectivity index (χ0n) is 12.2. The highest BCUT2D eigenvalue weighted by Gasteiger charge is 2.28. The maximum absolute atomic E-state index is 12.3. The van der Waals surface area contributed by atoms with E-state index in [0.29, 0.717) is 5.56 Å². The van der Waals surface area contributed by atoms with Crippen molar-refractivity contribution in [3.8, 4) is 0 Å². The lowest BCUT2D eigenvalue weighted by molar-refractivity contribution is 0.0427. The van der Waals surface area contributed by atoms with E-state index in [1.165, 1.54) is 0 Å². The molecule has 0 aliphatic heterocycles. The van der Waals surface area contributed by atoms with Crippen molar-refractivity contribution in [3.05, 3.63) is 70.8 Å². The molecule has 0 bridgehead atoms. The van der Waals surface area contributed by atoms with Crippen LogP contribution in [0.2, 0.25) is 0 Å². The summed E-state index contributed by atoms with van der Waals surface area (Å²) in [6, 6.07) is 15.1. The number of hydrogen-bond donors (Lipinski definition) is 1. The van der Waals surface area contributed by atoms with E-state index in [-0.39, 0.29) is 12.2 Å². The molecule has 0 spiro atoms. The third-order valence-electron chi connectivity index (χ3n) is 3.60. The highest BCUT2D eigenvalue weighted by atomic mass is 16.3. The maximum atomic E-state index is 12.3. The van der Waals surface area contributed by atoms with Crippen molar-refractivity contribution in [3.63, 3.8) is 0 Å². The molecule has 0 aliphatic carbocycles. The third kappa shape index (κ3) is 3.14. The molecule has 0 heterocycles. The molecule has 0 radical (unpaired) electrons. The maximum Gasteiger partial charge on any atom is 0.166 e.